The molecule has 20 heavy (non-hydrogen) atoms. The van der Waals surface area contributed by atoms with Crippen molar-refractivity contribution < 1.29 is 22.8 Å². The van der Waals surface area contributed by atoms with Crippen LogP contribution in [0.15, 0.2) is 22.2 Å². The highest BCUT2D eigenvalue weighted by Crippen LogP contribution is 2.23. The van der Waals surface area contributed by atoms with Crippen LogP contribution in [0.3, 0.4) is 0 Å². The predicted molar refractivity (Wildman–Crippen MR) is 74.8 cm³/mol. The predicted octanol–water partition coefficient (Wildman–Crippen LogP) is 1.36. The molecule has 0 aliphatic carbocycles. The fraction of sp³-hybridized carbons (Fsp3) is 0.385. The Hall–Kier alpha value is -1.89. The van der Waals surface area contributed by atoms with E-state index < -0.39 is 15.8 Å². The molecule has 0 amide bonds. The van der Waals surface area contributed by atoms with E-state index in [1.807, 2.05) is 0 Å². The third kappa shape index (κ3) is 3.57. The van der Waals surface area contributed by atoms with E-state index in [1.165, 1.54) is 32.6 Å². The van der Waals surface area contributed by atoms with Crippen LogP contribution in [0, 0.1) is 6.92 Å². The van der Waals surface area contributed by atoms with Crippen LogP contribution in [-0.2, 0) is 25.8 Å². The summed E-state index contributed by atoms with van der Waals surface area (Å²) < 4.78 is 28.3. The number of esters is 1. The van der Waals surface area contributed by atoms with Crippen molar-refractivity contribution in [1.82, 2.24) is 0 Å². The first-order chi connectivity index (χ1) is 9.32. The molecule has 1 aromatic carbocycles. The van der Waals surface area contributed by atoms with Crippen LogP contribution >= 0.6 is 0 Å². The van der Waals surface area contributed by atoms with Crippen molar-refractivity contribution in [3.8, 4) is 0 Å². The van der Waals surface area contributed by atoms with Gasteiger partial charge in [0.05, 0.1) is 17.6 Å². The molecule has 0 unspecified atom stereocenters. The molecule has 0 spiro atoms. The molecule has 0 saturated heterocycles. The Labute approximate surface area is 118 Å². The fourth-order valence-electron chi connectivity index (χ4n) is 1.87. The van der Waals surface area contributed by atoms with Crippen molar-refractivity contribution >= 4 is 22.0 Å². The average molecular weight is 299 g/mol. The largest absolute Gasteiger partial charge is 0.465 e. The van der Waals surface area contributed by atoms with Crippen LogP contribution < -0.4 is 0 Å². The number of carbonyl (C=O) groups excluding carboxylic acids is 1. The second-order valence-electron chi connectivity index (χ2n) is 4.15. The Kier molecular flexibility index (Phi) is 5.26. The highest BCUT2D eigenvalue weighted by molar-refractivity contribution is 7.90. The van der Waals surface area contributed by atoms with Gasteiger partial charge in [-0.25, -0.2) is 13.2 Å². The monoisotopic (exact) mass is 299 g/mol. The first-order valence-electron chi connectivity index (χ1n) is 5.78. The van der Waals surface area contributed by atoms with Crippen LogP contribution in [0.2, 0.25) is 0 Å². The van der Waals surface area contributed by atoms with Crippen LogP contribution in [0.4, 0.5) is 0 Å². The highest BCUT2D eigenvalue weighted by Gasteiger charge is 2.20. The van der Waals surface area contributed by atoms with E-state index in [2.05, 4.69) is 14.7 Å². The molecular weight excluding hydrogens is 282 g/mol. The molecule has 0 saturated carbocycles. The van der Waals surface area contributed by atoms with E-state index in [0.717, 1.165) is 6.26 Å². The lowest BCUT2D eigenvalue weighted by Gasteiger charge is -2.12. The van der Waals surface area contributed by atoms with E-state index >= 15 is 0 Å². The summed E-state index contributed by atoms with van der Waals surface area (Å²) in [6.07, 6.45) is 2.81. The Morgan fingerprint density at radius 1 is 1.35 bits per heavy atom. The van der Waals surface area contributed by atoms with Crippen LogP contribution in [0.1, 0.15) is 21.5 Å². The molecule has 0 atom stereocenters. The van der Waals surface area contributed by atoms with Gasteiger partial charge in [0.25, 0.3) is 0 Å². The van der Waals surface area contributed by atoms with Gasteiger partial charge in [0, 0.05) is 18.9 Å². The normalized spacial score (nSPS) is 11.6. The van der Waals surface area contributed by atoms with Crippen molar-refractivity contribution in [2.75, 3.05) is 20.5 Å². The maximum Gasteiger partial charge on any atom is 0.338 e. The molecule has 1 rings (SSSR count). The van der Waals surface area contributed by atoms with Gasteiger partial charge < -0.3 is 9.57 Å². The summed E-state index contributed by atoms with van der Waals surface area (Å²) in [5.41, 5.74) is 1.40. The number of ether oxygens (including phenoxy) is 1. The van der Waals surface area contributed by atoms with Crippen molar-refractivity contribution in [3.05, 3.63) is 28.8 Å². The second kappa shape index (κ2) is 6.51. The third-order valence-corrected chi connectivity index (χ3v) is 4.02. The lowest BCUT2D eigenvalue weighted by molar-refractivity contribution is 0.0599. The highest BCUT2D eigenvalue weighted by atomic mass is 32.2. The number of oxime groups is 1. The number of methoxy groups -OCH3 is 1. The minimum Gasteiger partial charge on any atom is -0.465 e. The van der Waals surface area contributed by atoms with Gasteiger partial charge in [-0.3, -0.25) is 0 Å². The molecule has 6 nitrogen and oxygen atoms in total. The zero-order chi connectivity index (χ0) is 15.3. The summed E-state index contributed by atoms with van der Waals surface area (Å²) in [6.45, 7) is 1.68. The number of carbonyl (C=O) groups is 1. The van der Waals surface area contributed by atoms with Gasteiger partial charge in [0.1, 0.15) is 7.11 Å². The van der Waals surface area contributed by atoms with Gasteiger partial charge >= 0.3 is 5.97 Å². The van der Waals surface area contributed by atoms with Gasteiger partial charge in [-0.15, -0.1) is 0 Å². The van der Waals surface area contributed by atoms with Crippen LogP contribution in [0.5, 0.6) is 0 Å². The zero-order valence-corrected chi connectivity index (χ0v) is 12.7. The molecule has 1 aromatic rings. The van der Waals surface area contributed by atoms with E-state index in [-0.39, 0.29) is 11.3 Å². The first kappa shape index (κ1) is 16.2. The maximum absolute atomic E-state index is 11.8. The van der Waals surface area contributed by atoms with Crippen LogP contribution in [0.25, 0.3) is 0 Å². The lowest BCUT2D eigenvalue weighted by atomic mass is 10.0. The Bertz CT molecular complexity index is 634. The first-order valence-corrected chi connectivity index (χ1v) is 7.68. The van der Waals surface area contributed by atoms with Gasteiger partial charge in [-0.1, -0.05) is 5.16 Å². The number of benzene rings is 1. The van der Waals surface area contributed by atoms with Gasteiger partial charge in [0.2, 0.25) is 0 Å². The molecule has 0 aliphatic heterocycles. The molecule has 0 aliphatic rings. The van der Waals surface area contributed by atoms with Gasteiger partial charge in [0.15, 0.2) is 9.84 Å². The van der Waals surface area contributed by atoms with E-state index in [0.29, 0.717) is 16.7 Å². The van der Waals surface area contributed by atoms with E-state index in [4.69, 9.17) is 0 Å². The topological polar surface area (TPSA) is 82.0 Å². The zero-order valence-electron chi connectivity index (χ0n) is 11.8. The lowest BCUT2D eigenvalue weighted by Crippen LogP contribution is -2.11. The fourth-order valence-corrected chi connectivity index (χ4v) is 2.87. The van der Waals surface area contributed by atoms with Crippen molar-refractivity contribution in [3.63, 3.8) is 0 Å². The number of hydrogen-bond donors (Lipinski definition) is 0. The Morgan fingerprint density at radius 2 is 2.00 bits per heavy atom. The summed E-state index contributed by atoms with van der Waals surface area (Å²) in [7, 11) is -0.726. The quantitative estimate of drug-likeness (QED) is 0.466. The summed E-state index contributed by atoms with van der Waals surface area (Å²) in [6, 6.07) is 2.86. The number of sulfone groups is 1. The van der Waals surface area contributed by atoms with Crippen molar-refractivity contribution in [2.24, 2.45) is 5.16 Å². The summed E-state index contributed by atoms with van der Waals surface area (Å²) >= 11 is 0. The van der Waals surface area contributed by atoms with Gasteiger partial charge in [-0.05, 0) is 30.2 Å². The van der Waals surface area contributed by atoms with Gasteiger partial charge in [-0.2, -0.15) is 0 Å². The Balaban J connectivity index is 3.46. The molecule has 0 heterocycles. The summed E-state index contributed by atoms with van der Waals surface area (Å²) in [4.78, 5) is 16.4. The SMILES string of the molecule is CON=CCc1c(S(C)(=O)=O)ccc(C(=O)OC)c1C. The molecule has 7 heteroatoms. The average Bonchev–Trinajstić information content (AvgIpc) is 2.38. The molecule has 110 valence electrons. The van der Waals surface area contributed by atoms with E-state index in [1.54, 1.807) is 6.92 Å². The molecule has 0 aromatic heterocycles. The standard InChI is InChI=1S/C13H17NO5S/c1-9-10(7-8-14-19-3)12(20(4,16)17)6-5-11(9)13(15)18-2/h5-6,8H,7H2,1-4H3. The maximum atomic E-state index is 11.8. The molecule has 0 radical (unpaired) electrons. The molecule has 0 bridgehead atoms. The van der Waals surface area contributed by atoms with Crippen LogP contribution in [-0.4, -0.2) is 41.1 Å². The molecular formula is C13H17NO5S. The van der Waals surface area contributed by atoms with Crippen molar-refractivity contribution in [2.45, 2.75) is 18.2 Å². The second-order valence-corrected chi connectivity index (χ2v) is 6.14. The molecule has 0 N–H and O–H groups in total. The third-order valence-electron chi connectivity index (χ3n) is 2.84. The van der Waals surface area contributed by atoms with Crippen molar-refractivity contribution in [1.29, 1.82) is 0 Å². The minimum absolute atomic E-state index is 0.171. The molecule has 0 fully saturated rings. The number of hydrogen-bond acceptors (Lipinski definition) is 6. The number of rotatable bonds is 5. The number of nitrogens with zero attached hydrogens (tertiary/aromatic N) is 1. The Morgan fingerprint density at radius 3 is 2.50 bits per heavy atom. The summed E-state index contributed by atoms with van der Waals surface area (Å²) in [5, 5.41) is 3.59. The summed E-state index contributed by atoms with van der Waals surface area (Å²) in [5.74, 6) is -0.507. The minimum atomic E-state index is -3.40. The smallest absolute Gasteiger partial charge is 0.338 e. The van der Waals surface area contributed by atoms with E-state index in [9.17, 15) is 13.2 Å².